The Morgan fingerprint density at radius 3 is 3.31 bits per heavy atom. The molecule has 0 fully saturated rings. The number of hydrogen-bond donors (Lipinski definition) is 1. The fourth-order valence-corrected chi connectivity index (χ4v) is 1.41. The number of carbonyl (C=O) groups is 1. The number of amides is 1. The van der Waals surface area contributed by atoms with E-state index in [-0.39, 0.29) is 11.7 Å². The van der Waals surface area contributed by atoms with Crippen molar-refractivity contribution >= 4 is 35.2 Å². The Bertz CT molecular complexity index is 305. The second-order valence-corrected chi connectivity index (χ2v) is 3.53. The van der Waals surface area contributed by atoms with Crippen LogP contribution in [0.1, 0.15) is 0 Å². The van der Waals surface area contributed by atoms with Gasteiger partial charge >= 0.3 is 0 Å². The molecular formula is C6H6N4OS2. The first kappa shape index (κ1) is 9.95. The van der Waals surface area contributed by atoms with Crippen molar-refractivity contribution in [2.24, 2.45) is 0 Å². The molecule has 0 aliphatic rings. The number of thioether (sulfide) groups is 1. The van der Waals surface area contributed by atoms with Crippen molar-refractivity contribution in [3.63, 3.8) is 0 Å². The highest BCUT2D eigenvalue weighted by Gasteiger charge is 2.03. The maximum Gasteiger partial charge on any atom is 0.235 e. The molecule has 0 unspecified atom stereocenters. The average molecular weight is 214 g/mol. The third kappa shape index (κ3) is 3.87. The predicted molar refractivity (Wildman–Crippen MR) is 51.5 cm³/mol. The Kier molecular flexibility index (Phi) is 4.21. The van der Waals surface area contributed by atoms with E-state index in [0.29, 0.717) is 11.6 Å². The van der Waals surface area contributed by atoms with E-state index in [4.69, 9.17) is 5.26 Å². The summed E-state index contributed by atoms with van der Waals surface area (Å²) in [5, 5.41) is 10.8. The van der Waals surface area contributed by atoms with Crippen molar-refractivity contribution < 1.29 is 4.79 Å². The van der Waals surface area contributed by atoms with Crippen LogP contribution in [0, 0.1) is 11.3 Å². The SMILES string of the molecule is N#CCSCC(=O)Nc1cnsn1. The van der Waals surface area contributed by atoms with Crippen LogP contribution in [0.4, 0.5) is 5.82 Å². The summed E-state index contributed by atoms with van der Waals surface area (Å²) in [7, 11) is 0. The fraction of sp³-hybridized carbons (Fsp3) is 0.333. The molecule has 0 spiro atoms. The molecule has 1 rings (SSSR count). The van der Waals surface area contributed by atoms with Crippen LogP contribution >= 0.6 is 23.5 Å². The number of aromatic nitrogens is 2. The van der Waals surface area contributed by atoms with E-state index in [1.165, 1.54) is 18.0 Å². The molecule has 68 valence electrons. The van der Waals surface area contributed by atoms with E-state index < -0.39 is 0 Å². The van der Waals surface area contributed by atoms with Crippen LogP contribution in [0.3, 0.4) is 0 Å². The molecule has 1 heterocycles. The van der Waals surface area contributed by atoms with Crippen LogP contribution < -0.4 is 5.32 Å². The minimum absolute atomic E-state index is 0.159. The highest BCUT2D eigenvalue weighted by atomic mass is 32.2. The Morgan fingerprint density at radius 2 is 2.69 bits per heavy atom. The molecule has 0 atom stereocenters. The molecule has 0 radical (unpaired) electrons. The van der Waals surface area contributed by atoms with E-state index in [1.807, 2.05) is 6.07 Å². The maximum atomic E-state index is 11.1. The number of anilines is 1. The van der Waals surface area contributed by atoms with Gasteiger partial charge in [-0.25, -0.2) is 0 Å². The zero-order valence-corrected chi connectivity index (χ0v) is 8.19. The highest BCUT2D eigenvalue weighted by molar-refractivity contribution is 8.00. The number of hydrogen-bond acceptors (Lipinski definition) is 6. The Labute approximate surface area is 83.5 Å². The first-order chi connectivity index (χ1) is 6.33. The molecule has 0 saturated heterocycles. The lowest BCUT2D eigenvalue weighted by Crippen LogP contribution is -2.14. The van der Waals surface area contributed by atoms with Crippen molar-refractivity contribution in [2.75, 3.05) is 16.8 Å². The first-order valence-electron chi connectivity index (χ1n) is 3.35. The Hall–Kier alpha value is -1.13. The number of nitrogens with one attached hydrogen (secondary N) is 1. The van der Waals surface area contributed by atoms with Gasteiger partial charge in [0.05, 0.1) is 35.5 Å². The fourth-order valence-electron chi connectivity index (χ4n) is 0.588. The monoisotopic (exact) mass is 214 g/mol. The number of carbonyl (C=O) groups excluding carboxylic acids is 1. The summed E-state index contributed by atoms with van der Waals surface area (Å²) in [6.07, 6.45) is 1.48. The van der Waals surface area contributed by atoms with Crippen LogP contribution in [-0.2, 0) is 4.79 Å². The minimum atomic E-state index is -0.159. The lowest BCUT2D eigenvalue weighted by Gasteiger charge is -1.97. The summed E-state index contributed by atoms with van der Waals surface area (Å²) in [5.41, 5.74) is 0. The predicted octanol–water partition coefficient (Wildman–Crippen LogP) is 0.733. The molecule has 1 N–H and O–H groups in total. The highest BCUT2D eigenvalue weighted by Crippen LogP contribution is 2.04. The summed E-state index contributed by atoms with van der Waals surface area (Å²) in [6, 6.07) is 1.94. The smallest absolute Gasteiger partial charge is 0.235 e. The van der Waals surface area contributed by atoms with Gasteiger partial charge in [-0.05, 0) is 0 Å². The normalized spacial score (nSPS) is 9.15. The summed E-state index contributed by atoms with van der Waals surface area (Å²) in [6.45, 7) is 0. The van der Waals surface area contributed by atoms with Crippen molar-refractivity contribution in [2.45, 2.75) is 0 Å². The molecule has 13 heavy (non-hydrogen) atoms. The molecule has 1 aromatic heterocycles. The molecule has 7 heteroatoms. The molecule has 1 amide bonds. The molecule has 0 aliphatic carbocycles. The second kappa shape index (κ2) is 5.50. The van der Waals surface area contributed by atoms with Gasteiger partial charge in [0.1, 0.15) is 0 Å². The summed E-state index contributed by atoms with van der Waals surface area (Å²) in [5.74, 6) is 0.897. The van der Waals surface area contributed by atoms with Gasteiger partial charge in [-0.15, -0.1) is 11.8 Å². The van der Waals surface area contributed by atoms with E-state index in [0.717, 1.165) is 11.7 Å². The summed E-state index contributed by atoms with van der Waals surface area (Å²) in [4.78, 5) is 11.1. The van der Waals surface area contributed by atoms with Gasteiger partial charge in [-0.1, -0.05) is 0 Å². The zero-order chi connectivity index (χ0) is 9.52. The van der Waals surface area contributed by atoms with E-state index >= 15 is 0 Å². The number of nitriles is 1. The molecule has 0 aromatic carbocycles. The lowest BCUT2D eigenvalue weighted by molar-refractivity contribution is -0.113. The van der Waals surface area contributed by atoms with E-state index in [2.05, 4.69) is 14.1 Å². The van der Waals surface area contributed by atoms with Crippen LogP contribution in [0.5, 0.6) is 0 Å². The van der Waals surface area contributed by atoms with Crippen molar-refractivity contribution in [1.29, 1.82) is 5.26 Å². The van der Waals surface area contributed by atoms with E-state index in [9.17, 15) is 4.79 Å². The second-order valence-electron chi connectivity index (χ2n) is 1.99. The van der Waals surface area contributed by atoms with Gasteiger partial charge in [0.25, 0.3) is 0 Å². The molecular weight excluding hydrogens is 208 g/mol. The summed E-state index contributed by atoms with van der Waals surface area (Å²) < 4.78 is 7.54. The zero-order valence-electron chi connectivity index (χ0n) is 6.56. The molecule has 0 aliphatic heterocycles. The lowest BCUT2D eigenvalue weighted by atomic mass is 10.6. The minimum Gasteiger partial charge on any atom is -0.308 e. The van der Waals surface area contributed by atoms with Gasteiger partial charge in [0, 0.05) is 0 Å². The van der Waals surface area contributed by atoms with Crippen LogP contribution in [0.15, 0.2) is 6.20 Å². The standard InChI is InChI=1S/C6H6N4OS2/c7-1-2-12-4-6(11)9-5-3-8-13-10-5/h3H,2,4H2,(H,9,10,11). The molecule has 0 bridgehead atoms. The molecule has 0 saturated carbocycles. The summed E-state index contributed by atoms with van der Waals surface area (Å²) >= 11 is 2.30. The van der Waals surface area contributed by atoms with Gasteiger partial charge < -0.3 is 5.32 Å². The quantitative estimate of drug-likeness (QED) is 0.747. The van der Waals surface area contributed by atoms with Gasteiger partial charge in [-0.2, -0.15) is 14.0 Å². The van der Waals surface area contributed by atoms with Crippen LogP contribution in [0.2, 0.25) is 0 Å². The number of rotatable bonds is 4. The number of nitrogens with zero attached hydrogens (tertiary/aromatic N) is 3. The van der Waals surface area contributed by atoms with Gasteiger partial charge in [0.2, 0.25) is 5.91 Å². The van der Waals surface area contributed by atoms with Crippen molar-refractivity contribution in [3.05, 3.63) is 6.20 Å². The van der Waals surface area contributed by atoms with E-state index in [1.54, 1.807) is 0 Å². The third-order valence-corrected chi connectivity index (χ3v) is 2.31. The maximum absolute atomic E-state index is 11.1. The molecule has 5 nitrogen and oxygen atoms in total. The Morgan fingerprint density at radius 1 is 1.85 bits per heavy atom. The topological polar surface area (TPSA) is 78.7 Å². The largest absolute Gasteiger partial charge is 0.308 e. The molecule has 1 aromatic rings. The van der Waals surface area contributed by atoms with Gasteiger partial charge in [0.15, 0.2) is 5.82 Å². The Balaban J connectivity index is 2.23. The van der Waals surface area contributed by atoms with Crippen LogP contribution in [0.25, 0.3) is 0 Å². The van der Waals surface area contributed by atoms with Crippen LogP contribution in [-0.4, -0.2) is 26.2 Å². The third-order valence-electron chi connectivity index (χ3n) is 1.03. The average Bonchev–Trinajstić information content (AvgIpc) is 2.57. The first-order valence-corrected chi connectivity index (χ1v) is 5.23. The van der Waals surface area contributed by atoms with Gasteiger partial charge in [-0.3, -0.25) is 4.79 Å². The van der Waals surface area contributed by atoms with Crippen molar-refractivity contribution in [3.8, 4) is 6.07 Å². The van der Waals surface area contributed by atoms with Crippen molar-refractivity contribution in [1.82, 2.24) is 8.75 Å².